The van der Waals surface area contributed by atoms with Crippen LogP contribution in [0.1, 0.15) is 16.8 Å². The maximum absolute atomic E-state index is 12.7. The van der Waals surface area contributed by atoms with Crippen LogP contribution in [0.3, 0.4) is 0 Å². The Bertz CT molecular complexity index is 673. The van der Waals surface area contributed by atoms with E-state index >= 15 is 0 Å². The van der Waals surface area contributed by atoms with Gasteiger partial charge in [-0.1, -0.05) is 28.1 Å². The summed E-state index contributed by atoms with van der Waals surface area (Å²) in [5.41, 5.74) is 1.36. The monoisotopic (exact) mass is 357 g/mol. The summed E-state index contributed by atoms with van der Waals surface area (Å²) in [4.78, 5) is 9.39. The third-order valence-corrected chi connectivity index (χ3v) is 4.17. The number of aromatic nitrogens is 2. The molecule has 7 heteroatoms. The number of halogens is 4. The molecule has 0 atom stereocenters. The second-order valence-corrected chi connectivity index (χ2v) is 5.64. The highest BCUT2D eigenvalue weighted by atomic mass is 79.9. The molecule has 0 aliphatic carbocycles. The molecule has 0 radical (unpaired) electrons. The Hall–Kier alpha value is -1.63. The predicted octanol–water partition coefficient (Wildman–Crippen LogP) is 3.82. The van der Waals surface area contributed by atoms with Gasteiger partial charge in [-0.2, -0.15) is 13.2 Å². The first-order chi connectivity index (χ1) is 9.95. The number of fused-ring (bicyclic) bond motifs is 1. The van der Waals surface area contributed by atoms with Gasteiger partial charge in [-0.05, 0) is 29.7 Å². The molecule has 21 heavy (non-hydrogen) atoms. The van der Waals surface area contributed by atoms with Gasteiger partial charge in [0, 0.05) is 23.8 Å². The largest absolute Gasteiger partial charge is 0.433 e. The van der Waals surface area contributed by atoms with Gasteiger partial charge in [0.25, 0.3) is 0 Å². The first-order valence-corrected chi connectivity index (χ1v) is 7.16. The van der Waals surface area contributed by atoms with Gasteiger partial charge in [0.05, 0.1) is 0 Å². The first-order valence-electron chi connectivity index (χ1n) is 6.36. The molecule has 3 rings (SSSR count). The molecular weight excluding hydrogens is 347 g/mol. The molecule has 0 fully saturated rings. The summed E-state index contributed by atoms with van der Waals surface area (Å²) in [6.45, 7) is 1.10. The van der Waals surface area contributed by atoms with E-state index in [1.165, 1.54) is 5.56 Å². The Balaban J connectivity index is 1.91. The molecule has 0 N–H and O–H groups in total. The molecule has 0 saturated heterocycles. The zero-order valence-electron chi connectivity index (χ0n) is 10.9. The summed E-state index contributed by atoms with van der Waals surface area (Å²) in [6.07, 6.45) is -2.54. The molecule has 1 aromatic heterocycles. The van der Waals surface area contributed by atoms with E-state index in [1.54, 1.807) is 4.90 Å². The molecule has 110 valence electrons. The lowest BCUT2D eigenvalue weighted by molar-refractivity contribution is -0.141. The smallest absolute Gasteiger partial charge is 0.336 e. The maximum Gasteiger partial charge on any atom is 0.433 e. The van der Waals surface area contributed by atoms with E-state index in [-0.39, 0.29) is 5.95 Å². The Morgan fingerprint density at radius 1 is 1.19 bits per heavy atom. The third kappa shape index (κ3) is 2.88. The van der Waals surface area contributed by atoms with Gasteiger partial charge in [-0.3, -0.25) is 0 Å². The fourth-order valence-corrected chi connectivity index (χ4v) is 2.90. The molecule has 2 heterocycles. The van der Waals surface area contributed by atoms with Crippen molar-refractivity contribution in [3.05, 3.63) is 51.8 Å². The van der Waals surface area contributed by atoms with Gasteiger partial charge in [-0.25, -0.2) is 9.97 Å². The Kier molecular flexibility index (Phi) is 3.61. The average molecular weight is 358 g/mol. The molecule has 1 aliphatic heterocycles. The van der Waals surface area contributed by atoms with Gasteiger partial charge < -0.3 is 4.90 Å². The van der Waals surface area contributed by atoms with Crippen LogP contribution in [0.5, 0.6) is 0 Å². The van der Waals surface area contributed by atoms with E-state index in [2.05, 4.69) is 25.9 Å². The van der Waals surface area contributed by atoms with E-state index in [0.717, 1.165) is 28.7 Å². The molecule has 0 spiro atoms. The van der Waals surface area contributed by atoms with Crippen molar-refractivity contribution in [2.45, 2.75) is 19.1 Å². The Morgan fingerprint density at radius 3 is 2.76 bits per heavy atom. The fraction of sp³-hybridized carbons (Fsp3) is 0.286. The van der Waals surface area contributed by atoms with Gasteiger partial charge in [-0.15, -0.1) is 0 Å². The van der Waals surface area contributed by atoms with Crippen LogP contribution in [0.4, 0.5) is 19.1 Å². The highest BCUT2D eigenvalue weighted by Gasteiger charge is 2.33. The normalized spacial score (nSPS) is 15.0. The number of anilines is 1. The zero-order valence-corrected chi connectivity index (χ0v) is 12.4. The molecule has 0 amide bonds. The van der Waals surface area contributed by atoms with E-state index in [1.807, 2.05) is 18.2 Å². The average Bonchev–Trinajstić information content (AvgIpc) is 2.47. The van der Waals surface area contributed by atoms with Crippen molar-refractivity contribution in [1.29, 1.82) is 0 Å². The van der Waals surface area contributed by atoms with Crippen LogP contribution >= 0.6 is 15.9 Å². The second kappa shape index (κ2) is 5.29. The number of hydrogen-bond donors (Lipinski definition) is 0. The van der Waals surface area contributed by atoms with Crippen molar-refractivity contribution < 1.29 is 13.2 Å². The summed E-state index contributed by atoms with van der Waals surface area (Å²) in [6, 6.07) is 6.80. The minimum absolute atomic E-state index is 0.117. The summed E-state index contributed by atoms with van der Waals surface area (Å²) >= 11 is 3.48. The quantitative estimate of drug-likeness (QED) is 0.776. The van der Waals surface area contributed by atoms with Gasteiger partial charge in [0.1, 0.15) is 5.69 Å². The molecular formula is C14H11BrF3N3. The van der Waals surface area contributed by atoms with Crippen LogP contribution in [0, 0.1) is 0 Å². The Morgan fingerprint density at radius 2 is 2.00 bits per heavy atom. The van der Waals surface area contributed by atoms with Crippen LogP contribution in [-0.4, -0.2) is 16.5 Å². The van der Waals surface area contributed by atoms with Crippen molar-refractivity contribution in [1.82, 2.24) is 9.97 Å². The van der Waals surface area contributed by atoms with Crippen molar-refractivity contribution in [3.63, 3.8) is 0 Å². The maximum atomic E-state index is 12.7. The molecule has 3 nitrogen and oxygen atoms in total. The number of rotatable bonds is 1. The molecule has 1 aromatic carbocycles. The molecule has 0 bridgehead atoms. The van der Waals surface area contributed by atoms with Crippen LogP contribution in [0.25, 0.3) is 0 Å². The first kappa shape index (κ1) is 14.3. The molecule has 2 aromatic rings. The van der Waals surface area contributed by atoms with E-state index < -0.39 is 11.9 Å². The highest BCUT2D eigenvalue weighted by Crippen LogP contribution is 2.31. The second-order valence-electron chi connectivity index (χ2n) is 4.79. The lowest BCUT2D eigenvalue weighted by Gasteiger charge is -2.29. The summed E-state index contributed by atoms with van der Waals surface area (Å²) in [7, 11) is 0. The van der Waals surface area contributed by atoms with E-state index in [4.69, 9.17) is 0 Å². The third-order valence-electron chi connectivity index (χ3n) is 3.43. The van der Waals surface area contributed by atoms with Crippen LogP contribution in [0.15, 0.2) is 34.9 Å². The summed E-state index contributed by atoms with van der Waals surface area (Å²) in [5, 5.41) is 0. The lowest BCUT2D eigenvalue weighted by atomic mass is 10.0. The Labute approximate surface area is 128 Å². The minimum atomic E-state index is -4.45. The SMILES string of the molecule is FC(F)(F)c1ccnc(N2CCc3cccc(Br)c3C2)n1. The van der Waals surface area contributed by atoms with E-state index in [9.17, 15) is 13.2 Å². The van der Waals surface area contributed by atoms with Crippen LogP contribution in [0.2, 0.25) is 0 Å². The molecule has 1 aliphatic rings. The number of nitrogens with zero attached hydrogens (tertiary/aromatic N) is 3. The van der Waals surface area contributed by atoms with Crippen molar-refractivity contribution >= 4 is 21.9 Å². The molecule has 0 unspecified atom stereocenters. The number of benzene rings is 1. The van der Waals surface area contributed by atoms with Crippen molar-refractivity contribution in [3.8, 4) is 0 Å². The van der Waals surface area contributed by atoms with Crippen molar-refractivity contribution in [2.75, 3.05) is 11.4 Å². The predicted molar refractivity (Wildman–Crippen MR) is 75.9 cm³/mol. The summed E-state index contributed by atoms with van der Waals surface area (Å²) < 4.78 is 39.1. The van der Waals surface area contributed by atoms with Gasteiger partial charge in [0.15, 0.2) is 0 Å². The highest BCUT2D eigenvalue weighted by molar-refractivity contribution is 9.10. The van der Waals surface area contributed by atoms with E-state index in [0.29, 0.717) is 13.1 Å². The van der Waals surface area contributed by atoms with Gasteiger partial charge in [0.2, 0.25) is 5.95 Å². The van der Waals surface area contributed by atoms with Crippen LogP contribution < -0.4 is 4.90 Å². The topological polar surface area (TPSA) is 29.0 Å². The summed E-state index contributed by atoms with van der Waals surface area (Å²) in [5.74, 6) is 0.117. The fourth-order valence-electron chi connectivity index (χ4n) is 2.37. The number of hydrogen-bond acceptors (Lipinski definition) is 3. The zero-order chi connectivity index (χ0) is 15.0. The van der Waals surface area contributed by atoms with Crippen molar-refractivity contribution in [2.24, 2.45) is 0 Å². The molecule has 0 saturated carbocycles. The number of alkyl halides is 3. The standard InChI is InChI=1S/C14H11BrF3N3/c15-11-3-1-2-9-5-7-21(8-10(9)11)13-19-6-4-12(20-13)14(16,17)18/h1-4,6H,5,7-8H2. The van der Waals surface area contributed by atoms with Gasteiger partial charge >= 0.3 is 6.18 Å². The minimum Gasteiger partial charge on any atom is -0.336 e. The van der Waals surface area contributed by atoms with Crippen LogP contribution in [-0.2, 0) is 19.1 Å². The lowest BCUT2D eigenvalue weighted by Crippen LogP contribution is -2.32.